The zero-order chi connectivity index (χ0) is 84.3. The van der Waals surface area contributed by atoms with Gasteiger partial charge < -0.3 is 0 Å². The van der Waals surface area contributed by atoms with Gasteiger partial charge in [-0.15, -0.1) is 0 Å². The van der Waals surface area contributed by atoms with Crippen LogP contribution in [0.5, 0.6) is 0 Å². The molecule has 0 radical (unpaired) electrons. The number of hydrogen-bond acceptors (Lipinski definition) is 6. The van der Waals surface area contributed by atoms with E-state index in [-0.39, 0.29) is 0 Å². The van der Waals surface area contributed by atoms with Crippen LogP contribution in [-0.4, -0.2) is 29.9 Å². The van der Waals surface area contributed by atoms with E-state index in [0.717, 1.165) is 139 Å². The molecule has 6 heteroatoms. The Labute approximate surface area is 737 Å². The zero-order valence-electron chi connectivity index (χ0n) is 69.4. The fourth-order valence-electron chi connectivity index (χ4n) is 20.1. The number of aromatic nitrogens is 6. The Hall–Kier alpha value is -17.1. The summed E-state index contributed by atoms with van der Waals surface area (Å²) in [6.07, 6.45) is 0. The average molecular weight is 1620 g/mol. The fraction of sp³-hybridized carbons (Fsp3) is 0. The molecule has 592 valence electrons. The molecular formula is C122H74N6. The van der Waals surface area contributed by atoms with Gasteiger partial charge in [-0.1, -0.05) is 400 Å². The molecule has 0 unspecified atom stereocenters. The number of nitrogens with zero attached hydrogens (tertiary/aromatic N) is 6. The predicted octanol–water partition coefficient (Wildman–Crippen LogP) is 32.6. The Kier molecular flexibility index (Phi) is 17.5. The van der Waals surface area contributed by atoms with Crippen LogP contribution in [0.2, 0.25) is 0 Å². The second-order valence-corrected chi connectivity index (χ2v) is 33.3. The first-order valence-electron chi connectivity index (χ1n) is 43.7. The van der Waals surface area contributed by atoms with E-state index in [0.29, 0.717) is 11.6 Å². The second-order valence-electron chi connectivity index (χ2n) is 33.3. The van der Waals surface area contributed by atoms with Gasteiger partial charge in [0.1, 0.15) is 0 Å². The summed E-state index contributed by atoms with van der Waals surface area (Å²) in [5.41, 5.74) is 20.4. The quantitative estimate of drug-likeness (QED) is 0.127. The summed E-state index contributed by atoms with van der Waals surface area (Å²) in [6, 6.07) is 161. The van der Waals surface area contributed by atoms with Crippen LogP contribution in [0.25, 0.3) is 264 Å². The summed E-state index contributed by atoms with van der Waals surface area (Å²) in [7, 11) is 0. The molecule has 0 saturated heterocycles. The molecule has 128 heavy (non-hydrogen) atoms. The largest absolute Gasteiger partial charge is 0.247 e. The summed E-state index contributed by atoms with van der Waals surface area (Å²) < 4.78 is 0. The van der Waals surface area contributed by atoms with Crippen molar-refractivity contribution < 1.29 is 0 Å². The molecule has 4 aromatic heterocycles. The van der Waals surface area contributed by atoms with Gasteiger partial charge in [0.15, 0.2) is 11.6 Å². The molecule has 0 N–H and O–H groups in total. The van der Waals surface area contributed by atoms with E-state index in [9.17, 15) is 0 Å². The van der Waals surface area contributed by atoms with Gasteiger partial charge in [0, 0.05) is 76.8 Å². The summed E-state index contributed by atoms with van der Waals surface area (Å²) in [4.78, 5) is 32.3. The van der Waals surface area contributed by atoms with Crippen LogP contribution in [0.3, 0.4) is 0 Å². The number of para-hydroxylation sites is 2. The normalized spacial score (nSPS) is 11.8. The van der Waals surface area contributed by atoms with E-state index in [1.165, 1.54) is 113 Å². The highest BCUT2D eigenvalue weighted by Crippen LogP contribution is 2.48. The van der Waals surface area contributed by atoms with Crippen LogP contribution in [0.15, 0.2) is 449 Å². The van der Waals surface area contributed by atoms with E-state index < -0.39 is 0 Å². The lowest BCUT2D eigenvalue weighted by Gasteiger charge is -2.16. The van der Waals surface area contributed by atoms with Crippen LogP contribution >= 0.6 is 0 Å². The lowest BCUT2D eigenvalue weighted by Crippen LogP contribution is -1.98. The monoisotopic (exact) mass is 1620 g/mol. The number of benzene rings is 22. The van der Waals surface area contributed by atoms with Gasteiger partial charge in [-0.05, 0) is 179 Å². The second kappa shape index (κ2) is 30.5. The molecular weight excluding hydrogens is 1550 g/mol. The minimum absolute atomic E-state index is 0.698. The van der Waals surface area contributed by atoms with E-state index in [4.69, 9.17) is 29.9 Å². The smallest absolute Gasteiger partial charge is 0.161 e. The number of rotatable bonds is 10. The molecule has 0 aliphatic heterocycles. The maximum absolute atomic E-state index is 5.48. The zero-order valence-corrected chi connectivity index (χ0v) is 69.4. The highest BCUT2D eigenvalue weighted by Gasteiger charge is 2.24. The first-order valence-corrected chi connectivity index (χ1v) is 43.7. The molecule has 0 fully saturated rings. The maximum Gasteiger partial charge on any atom is 0.161 e. The topological polar surface area (TPSA) is 77.3 Å². The van der Waals surface area contributed by atoms with Crippen LogP contribution in [0.1, 0.15) is 0 Å². The van der Waals surface area contributed by atoms with Gasteiger partial charge in [0.2, 0.25) is 0 Å². The van der Waals surface area contributed by atoms with Crippen molar-refractivity contribution >= 4 is 151 Å². The highest BCUT2D eigenvalue weighted by molar-refractivity contribution is 6.35. The van der Waals surface area contributed by atoms with Crippen LogP contribution in [-0.2, 0) is 0 Å². The van der Waals surface area contributed by atoms with Gasteiger partial charge >= 0.3 is 0 Å². The SMILES string of the molecule is c1cc(-c2ccc(-c3cc(-c4cc5ccccc5c5ccccc45)nc(-c4cc5ccccc5c5ccccc45)n3)cc2)cc(-c2nc3ccccc3c3c4ccccc4c4ccccc4c23)c1.c1cc(-c2ccc(-c3cc(-c4cccc5ccccc45)nc(-c4cccc5ccccc45)n3)cc2)cc(-c2nc3ccccc3c3c4ccccc4c4ccccc4c23)c1. The van der Waals surface area contributed by atoms with E-state index in [1.54, 1.807) is 0 Å². The Balaban J connectivity index is 0.000000140. The van der Waals surface area contributed by atoms with Crippen molar-refractivity contribution in [3.8, 4) is 113 Å². The van der Waals surface area contributed by atoms with Crippen LogP contribution in [0, 0.1) is 0 Å². The van der Waals surface area contributed by atoms with E-state index in [2.05, 4.69) is 449 Å². The molecule has 4 heterocycles. The molecule has 22 aromatic carbocycles. The molecule has 0 saturated carbocycles. The van der Waals surface area contributed by atoms with Gasteiger partial charge in [0.25, 0.3) is 0 Å². The van der Waals surface area contributed by atoms with Crippen LogP contribution in [0.4, 0.5) is 0 Å². The van der Waals surface area contributed by atoms with Crippen molar-refractivity contribution in [3.05, 3.63) is 449 Å². The van der Waals surface area contributed by atoms with Gasteiger partial charge in [-0.2, -0.15) is 0 Å². The summed E-state index contributed by atoms with van der Waals surface area (Å²) in [5.74, 6) is 1.41. The maximum atomic E-state index is 5.48. The number of fused-ring (bicyclic) bond motifs is 24. The molecule has 26 aromatic rings. The van der Waals surface area contributed by atoms with Crippen molar-refractivity contribution in [2.24, 2.45) is 0 Å². The first-order chi connectivity index (χ1) is 63.5. The van der Waals surface area contributed by atoms with Crippen LogP contribution < -0.4 is 0 Å². The molecule has 26 rings (SSSR count). The van der Waals surface area contributed by atoms with Gasteiger partial charge in [-0.25, -0.2) is 29.9 Å². The predicted molar refractivity (Wildman–Crippen MR) is 539 cm³/mol. The molecule has 0 amide bonds. The summed E-state index contributed by atoms with van der Waals surface area (Å²) >= 11 is 0. The molecule has 6 nitrogen and oxygen atoms in total. The van der Waals surface area contributed by atoms with Crippen molar-refractivity contribution in [2.75, 3.05) is 0 Å². The van der Waals surface area contributed by atoms with Crippen molar-refractivity contribution in [1.29, 1.82) is 0 Å². The van der Waals surface area contributed by atoms with Gasteiger partial charge in [-0.3, -0.25) is 0 Å². The number of hydrogen-bond donors (Lipinski definition) is 0. The van der Waals surface area contributed by atoms with Gasteiger partial charge in [0.05, 0.1) is 45.2 Å². The molecule has 0 atom stereocenters. The van der Waals surface area contributed by atoms with Crippen molar-refractivity contribution in [3.63, 3.8) is 0 Å². The summed E-state index contributed by atoms with van der Waals surface area (Å²) in [5, 5.41) is 31.2. The van der Waals surface area contributed by atoms with Crippen molar-refractivity contribution in [2.45, 2.75) is 0 Å². The molecule has 0 spiro atoms. The lowest BCUT2D eigenvalue weighted by atomic mass is 9.89. The fourth-order valence-corrected chi connectivity index (χ4v) is 20.1. The molecule has 0 aliphatic carbocycles. The van der Waals surface area contributed by atoms with E-state index >= 15 is 0 Å². The Bertz CT molecular complexity index is 8850. The summed E-state index contributed by atoms with van der Waals surface area (Å²) in [6.45, 7) is 0. The highest BCUT2D eigenvalue weighted by atomic mass is 14.9. The number of pyridine rings is 2. The Morgan fingerprint density at radius 1 is 0.125 bits per heavy atom. The Morgan fingerprint density at radius 3 is 0.852 bits per heavy atom. The minimum Gasteiger partial charge on any atom is -0.247 e. The third-order valence-corrected chi connectivity index (χ3v) is 26.1. The van der Waals surface area contributed by atoms with Crippen molar-refractivity contribution in [1.82, 2.24) is 29.9 Å². The minimum atomic E-state index is 0.698. The third kappa shape index (κ3) is 12.5. The molecule has 0 bridgehead atoms. The Morgan fingerprint density at radius 2 is 0.406 bits per heavy atom. The third-order valence-electron chi connectivity index (χ3n) is 26.1. The standard InChI is InChI=1S/C65H39N3.C57H35N3/c1-3-20-46-43(16-1)37-57(52-26-7-5-22-48(46)52)61-39-60(67-65(68-61)58-38-44-17-2-4-21-47(44)49-23-6-8-27-53(49)58)41-34-32-40(33-35-41)42-18-15-19-45(36-42)64-63-55-29-12-10-25-51(55)50-24-9-11-28-54(50)62(63)56-30-13-14-31-59(56)66-64;1-3-20-42-37(14-1)16-12-27-46(42)53-35-52(59-57(60-53)49-28-13-17-38-15-2-4-21-43(38)49)39-32-30-36(31-33-39)40-18-11-19-41(34-40)56-55-48-25-8-6-23-45(48)44-22-5-7-24-47(44)54(55)50-26-9-10-29-51(50)58-56/h1-39H;1-35H. The first kappa shape index (κ1) is 73.6. The average Bonchev–Trinajstić information content (AvgIpc) is 0.717. The van der Waals surface area contributed by atoms with E-state index in [1.807, 2.05) is 0 Å². The molecule has 0 aliphatic rings. The lowest BCUT2D eigenvalue weighted by molar-refractivity contribution is 1.19.